The first-order chi connectivity index (χ1) is 8.92. The Balaban J connectivity index is 4.34. The Morgan fingerprint density at radius 3 is 2.11 bits per heavy atom. The summed E-state index contributed by atoms with van der Waals surface area (Å²) < 4.78 is 0. The van der Waals surface area contributed by atoms with E-state index in [-0.39, 0.29) is 18.0 Å². The van der Waals surface area contributed by atoms with Crippen LogP contribution in [-0.2, 0) is 4.79 Å². The molecule has 0 fully saturated rings. The Hall–Kier alpha value is -1.26. The zero-order valence-corrected chi connectivity index (χ0v) is 12.5. The van der Waals surface area contributed by atoms with E-state index < -0.39 is 12.0 Å². The van der Waals surface area contributed by atoms with Gasteiger partial charge in [-0.1, -0.05) is 47.0 Å². The summed E-state index contributed by atoms with van der Waals surface area (Å²) in [5.74, 6) is -1.13. The van der Waals surface area contributed by atoms with Gasteiger partial charge in [-0.2, -0.15) is 0 Å². The summed E-state index contributed by atoms with van der Waals surface area (Å²) in [7, 11) is 0. The van der Waals surface area contributed by atoms with Gasteiger partial charge in [-0.25, -0.2) is 9.59 Å². The van der Waals surface area contributed by atoms with Crippen molar-refractivity contribution in [2.24, 2.45) is 5.92 Å². The summed E-state index contributed by atoms with van der Waals surface area (Å²) in [6.45, 7) is 7.74. The number of unbranched alkanes of at least 4 members (excludes halogenated alkanes) is 1. The van der Waals surface area contributed by atoms with Gasteiger partial charge in [0.2, 0.25) is 0 Å². The van der Waals surface area contributed by atoms with Crippen LogP contribution in [0.4, 0.5) is 4.79 Å². The molecule has 0 aromatic carbocycles. The highest BCUT2D eigenvalue weighted by atomic mass is 16.4. The number of carboxylic acid groups (broad SMARTS) is 1. The number of urea groups is 1. The van der Waals surface area contributed by atoms with Crippen LogP contribution in [0, 0.1) is 5.92 Å². The second-order valence-electron chi connectivity index (χ2n) is 5.31. The van der Waals surface area contributed by atoms with E-state index in [1.807, 2.05) is 0 Å². The minimum absolute atomic E-state index is 0.131. The van der Waals surface area contributed by atoms with Crippen molar-refractivity contribution in [1.29, 1.82) is 0 Å². The summed E-state index contributed by atoms with van der Waals surface area (Å²) in [5, 5.41) is 14.4. The molecule has 0 aliphatic carbocycles. The summed E-state index contributed by atoms with van der Waals surface area (Å²) >= 11 is 0. The molecule has 0 aliphatic heterocycles. The maximum absolute atomic E-state index is 11.8. The van der Waals surface area contributed by atoms with Gasteiger partial charge < -0.3 is 15.7 Å². The van der Waals surface area contributed by atoms with Gasteiger partial charge in [0.1, 0.15) is 6.04 Å². The fourth-order valence-corrected chi connectivity index (χ4v) is 1.97. The van der Waals surface area contributed by atoms with Crippen LogP contribution < -0.4 is 10.6 Å². The van der Waals surface area contributed by atoms with E-state index in [0.29, 0.717) is 0 Å². The first-order valence-corrected chi connectivity index (χ1v) is 7.22. The van der Waals surface area contributed by atoms with Crippen molar-refractivity contribution in [3.05, 3.63) is 0 Å². The molecule has 0 aliphatic rings. The zero-order valence-electron chi connectivity index (χ0n) is 12.5. The Morgan fingerprint density at radius 2 is 1.68 bits per heavy atom. The molecular formula is C14H28N2O3. The molecular weight excluding hydrogens is 244 g/mol. The highest BCUT2D eigenvalue weighted by Gasteiger charge is 2.24. The summed E-state index contributed by atoms with van der Waals surface area (Å²) in [5.41, 5.74) is 0. The molecule has 3 N–H and O–H groups in total. The fourth-order valence-electron chi connectivity index (χ4n) is 1.97. The molecule has 112 valence electrons. The van der Waals surface area contributed by atoms with Crippen LogP contribution in [0.15, 0.2) is 0 Å². The van der Waals surface area contributed by atoms with E-state index in [9.17, 15) is 9.59 Å². The predicted molar refractivity (Wildman–Crippen MR) is 76.2 cm³/mol. The van der Waals surface area contributed by atoms with Gasteiger partial charge in [0.05, 0.1) is 0 Å². The number of aliphatic carboxylic acids is 1. The summed E-state index contributed by atoms with van der Waals surface area (Å²) in [6.07, 6.45) is 5.02. The number of hydrogen-bond acceptors (Lipinski definition) is 2. The number of carboxylic acids is 1. The highest BCUT2D eigenvalue weighted by Crippen LogP contribution is 2.07. The second kappa shape index (κ2) is 9.64. The Bertz CT molecular complexity index is 280. The second-order valence-corrected chi connectivity index (χ2v) is 5.31. The number of hydrogen-bond donors (Lipinski definition) is 3. The molecule has 0 radical (unpaired) electrons. The highest BCUT2D eigenvalue weighted by molar-refractivity contribution is 5.82. The van der Waals surface area contributed by atoms with Gasteiger partial charge in [0.25, 0.3) is 0 Å². The van der Waals surface area contributed by atoms with E-state index in [2.05, 4.69) is 24.5 Å². The summed E-state index contributed by atoms with van der Waals surface area (Å²) in [4.78, 5) is 22.8. The largest absolute Gasteiger partial charge is 0.480 e. The van der Waals surface area contributed by atoms with Gasteiger partial charge in [-0.15, -0.1) is 0 Å². The third-order valence-corrected chi connectivity index (χ3v) is 3.10. The lowest BCUT2D eigenvalue weighted by Gasteiger charge is -2.22. The van der Waals surface area contributed by atoms with Crippen LogP contribution in [0.5, 0.6) is 0 Å². The quantitative estimate of drug-likeness (QED) is 0.604. The van der Waals surface area contributed by atoms with Crippen molar-refractivity contribution in [1.82, 2.24) is 10.6 Å². The van der Waals surface area contributed by atoms with E-state index in [1.165, 1.54) is 0 Å². The van der Waals surface area contributed by atoms with E-state index >= 15 is 0 Å². The lowest BCUT2D eigenvalue weighted by atomic mass is 10.0. The molecule has 0 bridgehead atoms. The maximum atomic E-state index is 11.8. The minimum Gasteiger partial charge on any atom is -0.480 e. The molecule has 5 heteroatoms. The standard InChI is InChI=1S/C14H28N2O3/c1-5-7-9-11(8-6-2)15-14(19)16-12(10(3)4)13(17)18/h10-12H,5-9H2,1-4H3,(H,17,18)(H2,15,16,19)/t11?,12-/m1/s1. The molecule has 2 amide bonds. The average molecular weight is 272 g/mol. The predicted octanol–water partition coefficient (Wildman–Crippen LogP) is 2.75. The van der Waals surface area contributed by atoms with Crippen LogP contribution in [0.1, 0.15) is 59.8 Å². The van der Waals surface area contributed by atoms with Gasteiger partial charge in [-0.05, 0) is 18.8 Å². The van der Waals surface area contributed by atoms with Gasteiger partial charge in [0.15, 0.2) is 0 Å². The van der Waals surface area contributed by atoms with Crippen LogP contribution >= 0.6 is 0 Å². The Morgan fingerprint density at radius 1 is 1.05 bits per heavy atom. The van der Waals surface area contributed by atoms with Crippen molar-refractivity contribution >= 4 is 12.0 Å². The molecule has 0 aromatic rings. The lowest BCUT2D eigenvalue weighted by molar-refractivity contribution is -0.140. The topological polar surface area (TPSA) is 78.4 Å². The Labute approximate surface area is 116 Å². The van der Waals surface area contributed by atoms with E-state index in [0.717, 1.165) is 32.1 Å². The number of rotatable bonds is 9. The lowest BCUT2D eigenvalue weighted by Crippen LogP contribution is -2.51. The molecule has 0 saturated carbocycles. The zero-order chi connectivity index (χ0) is 14.8. The summed E-state index contributed by atoms with van der Waals surface area (Å²) in [6, 6.07) is -1.09. The number of carbonyl (C=O) groups is 2. The van der Waals surface area contributed by atoms with E-state index in [4.69, 9.17) is 5.11 Å². The smallest absolute Gasteiger partial charge is 0.326 e. The molecule has 19 heavy (non-hydrogen) atoms. The number of carbonyl (C=O) groups excluding carboxylic acids is 1. The molecule has 5 nitrogen and oxygen atoms in total. The molecule has 0 aromatic heterocycles. The fraction of sp³-hybridized carbons (Fsp3) is 0.857. The average Bonchev–Trinajstić information content (AvgIpc) is 2.32. The first-order valence-electron chi connectivity index (χ1n) is 7.22. The molecule has 0 saturated heterocycles. The van der Waals surface area contributed by atoms with Gasteiger partial charge >= 0.3 is 12.0 Å². The van der Waals surface area contributed by atoms with Gasteiger partial charge in [-0.3, -0.25) is 0 Å². The van der Waals surface area contributed by atoms with Crippen LogP contribution in [-0.4, -0.2) is 29.2 Å². The number of nitrogens with one attached hydrogen (secondary N) is 2. The van der Waals surface area contributed by atoms with Crippen molar-refractivity contribution in [2.45, 2.75) is 71.9 Å². The molecule has 0 spiro atoms. The maximum Gasteiger partial charge on any atom is 0.326 e. The first kappa shape index (κ1) is 17.7. The minimum atomic E-state index is -0.995. The Kier molecular flexibility index (Phi) is 9.00. The molecule has 1 unspecified atom stereocenters. The van der Waals surface area contributed by atoms with Crippen LogP contribution in [0.3, 0.4) is 0 Å². The normalized spacial score (nSPS) is 13.9. The number of amides is 2. The SMILES string of the molecule is CCCCC(CCC)NC(=O)N[C@@H](C(=O)O)C(C)C. The third-order valence-electron chi connectivity index (χ3n) is 3.10. The monoisotopic (exact) mass is 272 g/mol. The van der Waals surface area contributed by atoms with Crippen LogP contribution in [0.2, 0.25) is 0 Å². The molecule has 0 heterocycles. The molecule has 0 rings (SSSR count). The third kappa shape index (κ3) is 7.70. The van der Waals surface area contributed by atoms with Crippen molar-refractivity contribution in [3.8, 4) is 0 Å². The van der Waals surface area contributed by atoms with Gasteiger partial charge in [0, 0.05) is 6.04 Å². The van der Waals surface area contributed by atoms with Crippen LogP contribution in [0.25, 0.3) is 0 Å². The molecule has 2 atom stereocenters. The van der Waals surface area contributed by atoms with Crippen molar-refractivity contribution in [3.63, 3.8) is 0 Å². The van der Waals surface area contributed by atoms with E-state index in [1.54, 1.807) is 13.8 Å². The van der Waals surface area contributed by atoms with Crippen molar-refractivity contribution < 1.29 is 14.7 Å². The van der Waals surface area contributed by atoms with Crippen molar-refractivity contribution in [2.75, 3.05) is 0 Å².